The fourth-order valence-electron chi connectivity index (χ4n) is 1.28. The Labute approximate surface area is 91.9 Å². The monoisotopic (exact) mass is 230 g/mol. The van der Waals surface area contributed by atoms with E-state index in [1.807, 2.05) is 0 Å². The third-order valence-corrected chi connectivity index (χ3v) is 2.35. The predicted molar refractivity (Wildman–Crippen MR) is 57.1 cm³/mol. The molecule has 0 aromatic rings. The second-order valence-electron chi connectivity index (χ2n) is 3.20. The lowest BCUT2D eigenvalue weighted by Crippen LogP contribution is -2.43. The molecule has 5 nitrogen and oxygen atoms in total. The highest BCUT2D eigenvalue weighted by Crippen LogP contribution is 2.25. The SMILES string of the molecule is CC(O)N1C=C2N=C(CF)C=C(S)N2N1. The van der Waals surface area contributed by atoms with Gasteiger partial charge in [-0.2, -0.15) is 0 Å². The highest BCUT2D eigenvalue weighted by molar-refractivity contribution is 7.84. The Morgan fingerprint density at radius 2 is 2.47 bits per heavy atom. The molecular weight excluding hydrogens is 219 g/mol. The Morgan fingerprint density at radius 3 is 3.07 bits per heavy atom. The Kier molecular flexibility index (Phi) is 2.68. The molecule has 1 atom stereocenters. The van der Waals surface area contributed by atoms with E-state index in [2.05, 4.69) is 23.2 Å². The molecular formula is C8H11FN4OS. The van der Waals surface area contributed by atoms with E-state index < -0.39 is 12.9 Å². The number of nitrogens with zero attached hydrogens (tertiary/aromatic N) is 3. The Bertz CT molecular complexity index is 366. The first-order chi connectivity index (χ1) is 7.11. The van der Waals surface area contributed by atoms with Gasteiger partial charge in [-0.25, -0.2) is 14.4 Å². The molecule has 0 saturated carbocycles. The molecule has 0 amide bonds. The molecule has 15 heavy (non-hydrogen) atoms. The summed E-state index contributed by atoms with van der Waals surface area (Å²) < 4.78 is 12.4. The van der Waals surface area contributed by atoms with Crippen molar-refractivity contribution in [1.82, 2.24) is 15.6 Å². The van der Waals surface area contributed by atoms with Crippen molar-refractivity contribution in [1.29, 1.82) is 0 Å². The molecule has 0 bridgehead atoms. The molecule has 0 aromatic carbocycles. The van der Waals surface area contributed by atoms with Crippen LogP contribution in [0.1, 0.15) is 6.92 Å². The number of allylic oxidation sites excluding steroid dienone is 1. The predicted octanol–water partition coefficient (Wildman–Crippen LogP) is 0.356. The van der Waals surface area contributed by atoms with Crippen molar-refractivity contribution in [2.45, 2.75) is 13.2 Å². The molecule has 7 heteroatoms. The molecule has 1 unspecified atom stereocenters. The highest BCUT2D eigenvalue weighted by atomic mass is 32.1. The van der Waals surface area contributed by atoms with Gasteiger partial charge in [-0.1, -0.05) is 0 Å². The van der Waals surface area contributed by atoms with Gasteiger partial charge in [-0.05, 0) is 13.0 Å². The highest BCUT2D eigenvalue weighted by Gasteiger charge is 2.27. The maximum Gasteiger partial charge on any atom is 0.167 e. The molecule has 0 aliphatic carbocycles. The van der Waals surface area contributed by atoms with E-state index in [1.165, 1.54) is 11.1 Å². The molecule has 0 fully saturated rings. The van der Waals surface area contributed by atoms with E-state index >= 15 is 0 Å². The van der Waals surface area contributed by atoms with Gasteiger partial charge in [-0.3, -0.25) is 5.01 Å². The van der Waals surface area contributed by atoms with Crippen molar-refractivity contribution in [3.63, 3.8) is 0 Å². The van der Waals surface area contributed by atoms with Crippen molar-refractivity contribution in [3.05, 3.63) is 23.1 Å². The molecule has 0 saturated heterocycles. The molecule has 2 N–H and O–H groups in total. The summed E-state index contributed by atoms with van der Waals surface area (Å²) in [5.41, 5.74) is 3.15. The van der Waals surface area contributed by atoms with Crippen LogP contribution < -0.4 is 5.53 Å². The topological polar surface area (TPSA) is 51.1 Å². The zero-order chi connectivity index (χ0) is 11.0. The molecule has 2 aliphatic rings. The summed E-state index contributed by atoms with van der Waals surface area (Å²) in [4.78, 5) is 4.03. The first-order valence-corrected chi connectivity index (χ1v) is 4.85. The maximum atomic E-state index is 12.4. The minimum Gasteiger partial charge on any atom is -0.372 e. The average Bonchev–Trinajstić information content (AvgIpc) is 2.61. The van der Waals surface area contributed by atoms with Gasteiger partial charge in [-0.15, -0.1) is 18.2 Å². The van der Waals surface area contributed by atoms with Crippen molar-refractivity contribution in [2.24, 2.45) is 4.99 Å². The standard InChI is InChI=1S/C8H11FN4OS/c1-5(14)12-4-7-10-6(3-9)2-8(15)13(7)11-12/h2,4-5,11,14-15H,3H2,1H3. The van der Waals surface area contributed by atoms with Crippen LogP contribution in [0, 0.1) is 0 Å². The van der Waals surface area contributed by atoms with Crippen LogP contribution in [-0.4, -0.2) is 33.7 Å². The van der Waals surface area contributed by atoms with E-state index in [0.29, 0.717) is 16.6 Å². The number of aliphatic hydroxyl groups excluding tert-OH is 1. The summed E-state index contributed by atoms with van der Waals surface area (Å²) in [6.45, 7) is 0.966. The van der Waals surface area contributed by atoms with Crippen molar-refractivity contribution in [2.75, 3.05) is 6.67 Å². The van der Waals surface area contributed by atoms with Crippen LogP contribution in [0.25, 0.3) is 0 Å². The third-order valence-electron chi connectivity index (χ3n) is 2.02. The van der Waals surface area contributed by atoms with Crippen LogP contribution in [0.2, 0.25) is 0 Å². The number of fused-ring (bicyclic) bond motifs is 1. The maximum absolute atomic E-state index is 12.4. The van der Waals surface area contributed by atoms with E-state index in [0.717, 1.165) is 0 Å². The van der Waals surface area contributed by atoms with Gasteiger partial charge in [0.05, 0.1) is 16.9 Å². The first kappa shape index (κ1) is 10.5. The molecule has 82 valence electrons. The molecule has 2 rings (SSSR count). The average molecular weight is 230 g/mol. The van der Waals surface area contributed by atoms with Gasteiger partial charge < -0.3 is 5.11 Å². The fraction of sp³-hybridized carbons (Fsp3) is 0.375. The second kappa shape index (κ2) is 3.84. The number of hydrazine groups is 2. The zero-order valence-corrected chi connectivity index (χ0v) is 8.95. The van der Waals surface area contributed by atoms with Crippen molar-refractivity contribution in [3.8, 4) is 0 Å². The van der Waals surface area contributed by atoms with Crippen molar-refractivity contribution < 1.29 is 9.50 Å². The van der Waals surface area contributed by atoms with Gasteiger partial charge in [0.1, 0.15) is 12.9 Å². The molecule has 0 aromatic heterocycles. The molecule has 0 spiro atoms. The van der Waals surface area contributed by atoms with E-state index in [9.17, 15) is 9.50 Å². The van der Waals surface area contributed by atoms with E-state index in [1.54, 1.807) is 18.1 Å². The smallest absolute Gasteiger partial charge is 0.167 e. The summed E-state index contributed by atoms with van der Waals surface area (Å²) in [7, 11) is 0. The largest absolute Gasteiger partial charge is 0.372 e. The van der Waals surface area contributed by atoms with Crippen LogP contribution in [0.4, 0.5) is 4.39 Å². The Morgan fingerprint density at radius 1 is 1.73 bits per heavy atom. The summed E-state index contributed by atoms with van der Waals surface area (Å²) >= 11 is 4.19. The number of hydrogen-bond acceptors (Lipinski definition) is 6. The first-order valence-electron chi connectivity index (χ1n) is 4.40. The minimum atomic E-state index is -0.701. The summed E-state index contributed by atoms with van der Waals surface area (Å²) in [5.74, 6) is 0.510. The van der Waals surface area contributed by atoms with Crippen LogP contribution >= 0.6 is 12.6 Å². The number of halogens is 1. The van der Waals surface area contributed by atoms with Crippen LogP contribution in [0.15, 0.2) is 28.1 Å². The van der Waals surface area contributed by atoms with Crippen molar-refractivity contribution >= 4 is 18.3 Å². The number of rotatable bonds is 2. The van der Waals surface area contributed by atoms with Crippen LogP contribution in [0.5, 0.6) is 0 Å². The summed E-state index contributed by atoms with van der Waals surface area (Å²) in [6.07, 6.45) is 2.41. The van der Waals surface area contributed by atoms with Gasteiger partial charge in [0.15, 0.2) is 5.82 Å². The number of thiol groups is 1. The normalized spacial score (nSPS) is 22.0. The number of aliphatic imine (C=N–C) groups is 1. The summed E-state index contributed by atoms with van der Waals surface area (Å²) in [5, 5.41) is 12.9. The number of aliphatic hydroxyl groups is 1. The Balaban J connectivity index is 2.27. The van der Waals surface area contributed by atoms with Gasteiger partial charge in [0.25, 0.3) is 0 Å². The van der Waals surface area contributed by atoms with E-state index in [-0.39, 0.29) is 0 Å². The number of nitrogens with one attached hydrogen (secondary N) is 1. The minimum absolute atomic E-state index is 0.316. The van der Waals surface area contributed by atoms with Gasteiger partial charge in [0, 0.05) is 0 Å². The fourth-order valence-corrected chi connectivity index (χ4v) is 1.57. The van der Waals surface area contributed by atoms with Crippen LogP contribution in [0.3, 0.4) is 0 Å². The van der Waals surface area contributed by atoms with Gasteiger partial charge in [0.2, 0.25) is 0 Å². The van der Waals surface area contributed by atoms with E-state index in [4.69, 9.17) is 0 Å². The lowest BCUT2D eigenvalue weighted by molar-refractivity contribution is -0.00538. The molecule has 2 aliphatic heterocycles. The van der Waals surface area contributed by atoms with Gasteiger partial charge >= 0.3 is 0 Å². The molecule has 0 radical (unpaired) electrons. The summed E-state index contributed by atoms with van der Waals surface area (Å²) in [6, 6.07) is 0. The quantitative estimate of drug-likeness (QED) is 0.599. The molecule has 2 heterocycles. The third kappa shape index (κ3) is 1.85. The lowest BCUT2D eigenvalue weighted by Gasteiger charge is -2.26. The zero-order valence-electron chi connectivity index (χ0n) is 8.05. The second-order valence-corrected chi connectivity index (χ2v) is 3.66. The number of hydrogen-bond donors (Lipinski definition) is 3. The lowest BCUT2D eigenvalue weighted by atomic mass is 10.3. The number of alkyl halides is 1. The van der Waals surface area contributed by atoms with Crippen LogP contribution in [-0.2, 0) is 0 Å². The Hall–Kier alpha value is -1.05.